The Bertz CT molecular complexity index is 586. The summed E-state index contributed by atoms with van der Waals surface area (Å²) in [5.74, 6) is 0.916. The lowest BCUT2D eigenvalue weighted by molar-refractivity contribution is 0.0882. The molecule has 3 unspecified atom stereocenters. The number of hydrogen-bond donors (Lipinski definition) is 1. The lowest BCUT2D eigenvalue weighted by Gasteiger charge is -2.34. The van der Waals surface area contributed by atoms with Crippen molar-refractivity contribution in [1.82, 2.24) is 4.90 Å². The molecular formula is C18H28N2O3. The summed E-state index contributed by atoms with van der Waals surface area (Å²) < 4.78 is 10.8. The van der Waals surface area contributed by atoms with E-state index >= 15 is 0 Å². The van der Waals surface area contributed by atoms with Crippen molar-refractivity contribution in [3.05, 3.63) is 28.8 Å². The van der Waals surface area contributed by atoms with Gasteiger partial charge in [0.1, 0.15) is 5.75 Å². The Hall–Kier alpha value is -1.59. The zero-order chi connectivity index (χ0) is 17.1. The molecule has 1 saturated heterocycles. The minimum Gasteiger partial charge on any atom is -0.496 e. The molecule has 0 spiro atoms. The average Bonchev–Trinajstić information content (AvgIpc) is 2.85. The Kier molecular flexibility index (Phi) is 5.65. The van der Waals surface area contributed by atoms with Crippen molar-refractivity contribution in [2.24, 2.45) is 5.16 Å². The van der Waals surface area contributed by atoms with E-state index in [1.54, 1.807) is 14.2 Å². The van der Waals surface area contributed by atoms with Crippen LogP contribution in [0, 0.1) is 13.8 Å². The van der Waals surface area contributed by atoms with E-state index in [2.05, 4.69) is 43.8 Å². The Morgan fingerprint density at radius 2 is 2.00 bits per heavy atom. The fourth-order valence-corrected chi connectivity index (χ4v) is 3.77. The molecule has 1 aromatic rings. The molecule has 0 aliphatic carbocycles. The number of hydrogen-bond acceptors (Lipinski definition) is 5. The van der Waals surface area contributed by atoms with Crippen LogP contribution in [0.5, 0.6) is 5.75 Å². The largest absolute Gasteiger partial charge is 0.496 e. The molecule has 0 amide bonds. The van der Waals surface area contributed by atoms with Gasteiger partial charge in [0.2, 0.25) is 0 Å². The van der Waals surface area contributed by atoms with Crippen molar-refractivity contribution in [2.45, 2.75) is 52.2 Å². The van der Waals surface area contributed by atoms with Crippen molar-refractivity contribution in [1.29, 1.82) is 0 Å². The van der Waals surface area contributed by atoms with E-state index in [1.807, 2.05) is 6.07 Å². The Labute approximate surface area is 138 Å². The maximum Gasteiger partial charge on any atom is 0.122 e. The van der Waals surface area contributed by atoms with Crippen molar-refractivity contribution in [3.63, 3.8) is 0 Å². The second-order valence-electron chi connectivity index (χ2n) is 6.35. The van der Waals surface area contributed by atoms with Crippen molar-refractivity contribution in [3.8, 4) is 5.75 Å². The highest BCUT2D eigenvalue weighted by atomic mass is 16.5. The van der Waals surface area contributed by atoms with Gasteiger partial charge in [-0.25, -0.2) is 0 Å². The molecule has 2 rings (SSSR count). The van der Waals surface area contributed by atoms with Gasteiger partial charge in [0, 0.05) is 25.6 Å². The standard InChI is InChI=1S/C18H28N2O3/c1-11-9-16(19-21)17(10-22-5)20(11)14(4)15-7-8-18(23-6)13(3)12(15)2/h7-8,11,14,17,21H,9-10H2,1-6H3/b19-16-. The van der Waals surface area contributed by atoms with Gasteiger partial charge >= 0.3 is 0 Å². The molecule has 0 aromatic heterocycles. The van der Waals surface area contributed by atoms with E-state index in [9.17, 15) is 5.21 Å². The van der Waals surface area contributed by atoms with Crippen LogP contribution in [0.3, 0.4) is 0 Å². The first kappa shape index (κ1) is 17.8. The highest BCUT2D eigenvalue weighted by Gasteiger charge is 2.40. The molecule has 1 aliphatic rings. The highest BCUT2D eigenvalue weighted by molar-refractivity contribution is 5.91. The number of rotatable bonds is 5. The summed E-state index contributed by atoms with van der Waals surface area (Å²) in [6.07, 6.45) is 0.767. The third-order valence-electron chi connectivity index (χ3n) is 5.11. The van der Waals surface area contributed by atoms with E-state index in [-0.39, 0.29) is 12.1 Å². The molecule has 5 nitrogen and oxygen atoms in total. The van der Waals surface area contributed by atoms with Gasteiger partial charge in [-0.1, -0.05) is 11.2 Å². The van der Waals surface area contributed by atoms with Gasteiger partial charge in [0.05, 0.1) is 25.5 Å². The fourth-order valence-electron chi connectivity index (χ4n) is 3.77. The fraction of sp³-hybridized carbons (Fsp3) is 0.611. The Morgan fingerprint density at radius 1 is 1.30 bits per heavy atom. The summed E-state index contributed by atoms with van der Waals surface area (Å²) in [6, 6.07) is 4.68. The first-order chi connectivity index (χ1) is 11.0. The van der Waals surface area contributed by atoms with E-state index in [0.717, 1.165) is 17.9 Å². The van der Waals surface area contributed by atoms with Crippen LogP contribution < -0.4 is 4.74 Å². The third-order valence-corrected chi connectivity index (χ3v) is 5.11. The summed E-state index contributed by atoms with van der Waals surface area (Å²) in [5.41, 5.74) is 4.49. The van der Waals surface area contributed by atoms with Crippen LogP contribution in [-0.2, 0) is 4.74 Å². The number of nitrogens with zero attached hydrogens (tertiary/aromatic N) is 2. The molecule has 3 atom stereocenters. The minimum absolute atomic E-state index is 0.0109. The number of oxime groups is 1. The second-order valence-corrected chi connectivity index (χ2v) is 6.35. The lowest BCUT2D eigenvalue weighted by atomic mass is 9.95. The van der Waals surface area contributed by atoms with Crippen LogP contribution in [0.25, 0.3) is 0 Å². The van der Waals surface area contributed by atoms with Gasteiger partial charge in [-0.15, -0.1) is 0 Å². The molecule has 0 saturated carbocycles. The number of likely N-dealkylation sites (tertiary alicyclic amines) is 1. The molecule has 1 heterocycles. The van der Waals surface area contributed by atoms with Crippen molar-refractivity contribution >= 4 is 5.71 Å². The van der Waals surface area contributed by atoms with Crippen LogP contribution in [-0.4, -0.2) is 48.7 Å². The van der Waals surface area contributed by atoms with Crippen molar-refractivity contribution in [2.75, 3.05) is 20.8 Å². The normalized spacial score (nSPS) is 25.0. The van der Waals surface area contributed by atoms with Crippen LogP contribution in [0.1, 0.15) is 43.0 Å². The van der Waals surface area contributed by atoms with Crippen LogP contribution >= 0.6 is 0 Å². The van der Waals surface area contributed by atoms with E-state index in [0.29, 0.717) is 12.6 Å². The molecule has 1 fully saturated rings. The Morgan fingerprint density at radius 3 is 2.57 bits per heavy atom. The maximum absolute atomic E-state index is 9.31. The van der Waals surface area contributed by atoms with Gasteiger partial charge in [-0.3, -0.25) is 4.90 Å². The summed E-state index contributed by atoms with van der Waals surface area (Å²) in [5, 5.41) is 12.8. The molecule has 128 valence electrons. The SMILES string of the molecule is COCC1/C(=N\O)CC(C)N1C(C)c1ccc(OC)c(C)c1C. The zero-order valence-corrected chi connectivity index (χ0v) is 15.0. The van der Waals surface area contributed by atoms with E-state index in [4.69, 9.17) is 9.47 Å². The average molecular weight is 320 g/mol. The number of benzene rings is 1. The van der Waals surface area contributed by atoms with Gasteiger partial charge < -0.3 is 14.7 Å². The third kappa shape index (κ3) is 3.21. The first-order valence-corrected chi connectivity index (χ1v) is 8.07. The predicted molar refractivity (Wildman–Crippen MR) is 91.7 cm³/mol. The van der Waals surface area contributed by atoms with Gasteiger partial charge in [0.25, 0.3) is 0 Å². The zero-order valence-electron chi connectivity index (χ0n) is 15.0. The Balaban J connectivity index is 2.38. The quantitative estimate of drug-likeness (QED) is 0.668. The van der Waals surface area contributed by atoms with Crippen LogP contribution in [0.15, 0.2) is 17.3 Å². The molecular weight excluding hydrogens is 292 g/mol. The molecule has 23 heavy (non-hydrogen) atoms. The molecule has 1 N–H and O–H groups in total. The van der Waals surface area contributed by atoms with E-state index < -0.39 is 0 Å². The van der Waals surface area contributed by atoms with Crippen LogP contribution in [0.2, 0.25) is 0 Å². The predicted octanol–water partition coefficient (Wildman–Crippen LogP) is 3.31. The summed E-state index contributed by atoms with van der Waals surface area (Å²) in [4.78, 5) is 2.38. The van der Waals surface area contributed by atoms with Gasteiger partial charge in [0.15, 0.2) is 0 Å². The summed E-state index contributed by atoms with van der Waals surface area (Å²) >= 11 is 0. The molecule has 1 aromatic carbocycles. The van der Waals surface area contributed by atoms with Gasteiger partial charge in [-0.05, 0) is 50.5 Å². The smallest absolute Gasteiger partial charge is 0.122 e. The lowest BCUT2D eigenvalue weighted by Crippen LogP contribution is -2.41. The number of methoxy groups -OCH3 is 2. The highest BCUT2D eigenvalue weighted by Crippen LogP contribution is 2.36. The maximum atomic E-state index is 9.31. The molecule has 5 heteroatoms. The molecule has 0 bridgehead atoms. The second kappa shape index (κ2) is 7.32. The molecule has 0 radical (unpaired) electrons. The van der Waals surface area contributed by atoms with E-state index in [1.165, 1.54) is 16.7 Å². The summed E-state index contributed by atoms with van der Waals surface area (Å²) in [6.45, 7) is 9.13. The minimum atomic E-state index is 0.0109. The van der Waals surface area contributed by atoms with Gasteiger partial charge in [-0.2, -0.15) is 0 Å². The monoisotopic (exact) mass is 320 g/mol. The first-order valence-electron chi connectivity index (χ1n) is 8.07. The number of ether oxygens (including phenoxy) is 2. The topological polar surface area (TPSA) is 54.3 Å². The molecule has 1 aliphatic heterocycles. The van der Waals surface area contributed by atoms with Crippen molar-refractivity contribution < 1.29 is 14.7 Å². The van der Waals surface area contributed by atoms with Crippen LogP contribution in [0.4, 0.5) is 0 Å². The summed E-state index contributed by atoms with van der Waals surface area (Å²) in [7, 11) is 3.38.